The normalized spacial score (nSPS) is 22.8. The molecule has 7 rings (SSSR count). The van der Waals surface area contributed by atoms with Crippen molar-refractivity contribution in [3.05, 3.63) is 54.2 Å². The fraction of sp³-hybridized carbons (Fsp3) is 0.472. The van der Waals surface area contributed by atoms with E-state index in [0.29, 0.717) is 36.1 Å². The molecule has 0 saturated carbocycles. The highest BCUT2D eigenvalue weighted by Gasteiger charge is 2.49. The number of carbonyl (C=O) groups is 1. The lowest BCUT2D eigenvalue weighted by Crippen LogP contribution is -2.56. The summed E-state index contributed by atoms with van der Waals surface area (Å²) in [4.78, 5) is 32.3. The van der Waals surface area contributed by atoms with Gasteiger partial charge in [0.1, 0.15) is 41.2 Å². The summed E-state index contributed by atoms with van der Waals surface area (Å²) in [6, 6.07) is 11.3. The number of anilines is 1. The summed E-state index contributed by atoms with van der Waals surface area (Å²) < 4.78 is 58.2. The molecule has 10 nitrogen and oxygen atoms in total. The number of fused-ring (bicyclic) bond motifs is 3. The molecule has 3 aliphatic rings. The van der Waals surface area contributed by atoms with E-state index in [4.69, 9.17) is 14.5 Å². The SMILES string of the molecule is CC(C)(C)OC(=O)N1CCN(c2nc(OC[C@@]34CCCN3C[C@H](F)C4)nc3c(F)c(-c4cccc5cccc(F)c45)ncc23)C[C@@H]1CC#N. The van der Waals surface area contributed by atoms with Crippen LogP contribution in [0.4, 0.5) is 23.8 Å². The third-order valence-electron chi connectivity index (χ3n) is 9.72. The molecule has 2 aromatic heterocycles. The van der Waals surface area contributed by atoms with Crippen molar-refractivity contribution in [1.29, 1.82) is 5.26 Å². The number of amides is 1. The minimum Gasteiger partial charge on any atom is -0.461 e. The molecule has 0 unspecified atom stereocenters. The minimum atomic E-state index is -0.956. The van der Waals surface area contributed by atoms with Crippen LogP contribution in [0.5, 0.6) is 6.01 Å². The smallest absolute Gasteiger partial charge is 0.410 e. The first-order chi connectivity index (χ1) is 23.5. The van der Waals surface area contributed by atoms with Gasteiger partial charge in [-0.05, 0) is 51.6 Å². The highest BCUT2D eigenvalue weighted by Crippen LogP contribution is 2.41. The van der Waals surface area contributed by atoms with E-state index in [0.717, 1.165) is 19.4 Å². The maximum absolute atomic E-state index is 16.8. The van der Waals surface area contributed by atoms with Crippen LogP contribution in [0.3, 0.4) is 0 Å². The van der Waals surface area contributed by atoms with Crippen molar-refractivity contribution in [3.8, 4) is 23.3 Å². The number of pyridine rings is 1. The van der Waals surface area contributed by atoms with Gasteiger partial charge in [-0.15, -0.1) is 0 Å². The first kappa shape index (κ1) is 32.8. The average molecular weight is 674 g/mol. The van der Waals surface area contributed by atoms with E-state index in [1.807, 2.05) is 4.90 Å². The summed E-state index contributed by atoms with van der Waals surface area (Å²) in [5.74, 6) is -0.950. The quantitative estimate of drug-likeness (QED) is 0.229. The third kappa shape index (κ3) is 6.18. The number of nitrogens with zero attached hydrogens (tertiary/aromatic N) is 7. The van der Waals surface area contributed by atoms with Crippen LogP contribution in [-0.4, -0.2) is 93.5 Å². The van der Waals surface area contributed by atoms with E-state index in [2.05, 4.69) is 20.9 Å². The lowest BCUT2D eigenvalue weighted by atomic mass is 9.95. The number of benzene rings is 2. The van der Waals surface area contributed by atoms with Crippen LogP contribution >= 0.6 is 0 Å². The van der Waals surface area contributed by atoms with Crippen LogP contribution in [0, 0.1) is 23.0 Å². The zero-order chi connectivity index (χ0) is 34.5. The van der Waals surface area contributed by atoms with Crippen LogP contribution < -0.4 is 9.64 Å². The van der Waals surface area contributed by atoms with Gasteiger partial charge in [-0.2, -0.15) is 15.2 Å². The summed E-state index contributed by atoms with van der Waals surface area (Å²) in [5, 5.41) is 10.8. The Kier molecular flexibility index (Phi) is 8.47. The molecule has 0 bridgehead atoms. The zero-order valence-electron chi connectivity index (χ0n) is 27.8. The molecule has 5 heterocycles. The molecule has 3 atom stereocenters. The molecular formula is C36H38F3N7O3. The third-order valence-corrected chi connectivity index (χ3v) is 9.72. The van der Waals surface area contributed by atoms with E-state index < -0.39 is 41.1 Å². The second-order valence-corrected chi connectivity index (χ2v) is 14.2. The Labute approximate surface area is 282 Å². The summed E-state index contributed by atoms with van der Waals surface area (Å²) in [7, 11) is 0. The molecule has 3 saturated heterocycles. The van der Waals surface area contributed by atoms with Gasteiger partial charge in [-0.3, -0.25) is 9.88 Å². The van der Waals surface area contributed by atoms with Crippen LogP contribution in [0.25, 0.3) is 32.9 Å². The van der Waals surface area contributed by atoms with Gasteiger partial charge in [-0.1, -0.05) is 30.3 Å². The summed E-state index contributed by atoms with van der Waals surface area (Å²) in [5.41, 5.74) is -1.08. The Morgan fingerprint density at radius 1 is 1.10 bits per heavy atom. The van der Waals surface area contributed by atoms with Crippen molar-refractivity contribution >= 4 is 33.6 Å². The van der Waals surface area contributed by atoms with E-state index in [9.17, 15) is 14.4 Å². The first-order valence-corrected chi connectivity index (χ1v) is 16.6. The van der Waals surface area contributed by atoms with E-state index in [-0.39, 0.29) is 54.3 Å². The second kappa shape index (κ2) is 12.6. The molecule has 0 aliphatic carbocycles. The van der Waals surface area contributed by atoms with E-state index >= 15 is 8.78 Å². The van der Waals surface area contributed by atoms with Crippen LogP contribution in [-0.2, 0) is 4.74 Å². The number of ether oxygens (including phenoxy) is 2. The number of aromatic nitrogens is 3. The van der Waals surface area contributed by atoms with Gasteiger partial charge in [-0.25, -0.2) is 18.0 Å². The summed E-state index contributed by atoms with van der Waals surface area (Å²) in [6.07, 6.45) is 2.06. The maximum atomic E-state index is 16.8. The van der Waals surface area contributed by atoms with Crippen molar-refractivity contribution in [3.63, 3.8) is 0 Å². The number of hydrogen-bond acceptors (Lipinski definition) is 9. The Morgan fingerprint density at radius 2 is 1.90 bits per heavy atom. The molecule has 3 fully saturated rings. The molecule has 0 radical (unpaired) electrons. The zero-order valence-corrected chi connectivity index (χ0v) is 27.8. The van der Waals surface area contributed by atoms with E-state index in [1.54, 1.807) is 56.0 Å². The van der Waals surface area contributed by atoms with Gasteiger partial charge in [0.05, 0.1) is 29.5 Å². The minimum absolute atomic E-state index is 0.0360. The topological polar surface area (TPSA) is 108 Å². The fourth-order valence-electron chi connectivity index (χ4n) is 7.54. The van der Waals surface area contributed by atoms with Gasteiger partial charge in [0.25, 0.3) is 0 Å². The number of alkyl halides is 1. The standard InChI is InChI=1S/C36H38F3N7O3/c1-35(2,3)49-34(47)46-16-15-44(20-24(46)11-13-40)32-26-18-41-30(25-9-4-7-22-8-5-10-27(38)28(22)25)29(39)31(26)42-33(43-32)48-21-36-12-6-14-45(36)19-23(37)17-36/h4-5,7-10,18,23-24H,6,11-12,14-17,19-21H2,1-3H3/t23-,24+,36+/m1/s1. The Morgan fingerprint density at radius 3 is 2.67 bits per heavy atom. The number of hydrogen-bond donors (Lipinski definition) is 0. The van der Waals surface area contributed by atoms with Crippen molar-refractivity contribution in [1.82, 2.24) is 24.8 Å². The predicted molar refractivity (Wildman–Crippen MR) is 178 cm³/mol. The molecule has 1 amide bonds. The van der Waals surface area contributed by atoms with Crippen molar-refractivity contribution < 1.29 is 27.4 Å². The molecule has 2 aromatic carbocycles. The maximum Gasteiger partial charge on any atom is 0.410 e. The average Bonchev–Trinajstić information content (AvgIpc) is 3.58. The van der Waals surface area contributed by atoms with Gasteiger partial charge in [0.2, 0.25) is 0 Å². The van der Waals surface area contributed by atoms with Gasteiger partial charge >= 0.3 is 12.1 Å². The molecule has 256 valence electrons. The van der Waals surface area contributed by atoms with Gasteiger partial charge < -0.3 is 19.3 Å². The van der Waals surface area contributed by atoms with Crippen molar-refractivity contribution in [2.75, 3.05) is 44.2 Å². The van der Waals surface area contributed by atoms with E-state index in [1.165, 1.54) is 12.3 Å². The number of rotatable bonds is 6. The number of piperazine rings is 1. The van der Waals surface area contributed by atoms with Crippen LogP contribution in [0.2, 0.25) is 0 Å². The Bertz CT molecular complexity index is 1960. The second-order valence-electron chi connectivity index (χ2n) is 14.2. The Balaban J connectivity index is 1.30. The molecule has 4 aromatic rings. The van der Waals surface area contributed by atoms with Crippen LogP contribution in [0.1, 0.15) is 46.5 Å². The molecule has 13 heteroatoms. The largest absolute Gasteiger partial charge is 0.461 e. The summed E-state index contributed by atoms with van der Waals surface area (Å²) >= 11 is 0. The Hall–Kier alpha value is -4.70. The molecular weight excluding hydrogens is 635 g/mol. The summed E-state index contributed by atoms with van der Waals surface area (Å²) in [6.45, 7) is 7.33. The highest BCUT2D eigenvalue weighted by atomic mass is 19.1. The van der Waals surface area contributed by atoms with Crippen molar-refractivity contribution in [2.45, 2.75) is 69.8 Å². The van der Waals surface area contributed by atoms with Gasteiger partial charge in [0, 0.05) is 49.7 Å². The lowest BCUT2D eigenvalue weighted by Gasteiger charge is -2.41. The van der Waals surface area contributed by atoms with Gasteiger partial charge in [0.15, 0.2) is 5.82 Å². The first-order valence-electron chi connectivity index (χ1n) is 16.6. The number of nitriles is 1. The number of halogens is 3. The van der Waals surface area contributed by atoms with Crippen LogP contribution in [0.15, 0.2) is 42.6 Å². The fourth-order valence-corrected chi connectivity index (χ4v) is 7.54. The molecule has 3 aliphatic heterocycles. The lowest BCUT2D eigenvalue weighted by molar-refractivity contribution is 0.0145. The molecule has 49 heavy (non-hydrogen) atoms. The number of carbonyl (C=O) groups excluding carboxylic acids is 1. The van der Waals surface area contributed by atoms with Crippen molar-refractivity contribution in [2.24, 2.45) is 0 Å². The highest BCUT2D eigenvalue weighted by molar-refractivity contribution is 5.99. The molecule has 0 spiro atoms. The molecule has 0 N–H and O–H groups in total. The predicted octanol–water partition coefficient (Wildman–Crippen LogP) is 6.42. The monoisotopic (exact) mass is 673 g/mol.